The summed E-state index contributed by atoms with van der Waals surface area (Å²) in [6.45, 7) is 2.70. The fourth-order valence-corrected chi connectivity index (χ4v) is 2.54. The number of amides is 1. The van der Waals surface area contributed by atoms with Gasteiger partial charge >= 0.3 is 6.18 Å². The average molecular weight is 343 g/mol. The molecular formula is C13H16F3N7O. The van der Waals surface area contributed by atoms with Gasteiger partial charge in [-0.15, -0.1) is 15.3 Å². The maximum atomic E-state index is 12.9. The van der Waals surface area contributed by atoms with Gasteiger partial charge in [-0.2, -0.15) is 17.7 Å². The van der Waals surface area contributed by atoms with Gasteiger partial charge in [-0.1, -0.05) is 0 Å². The lowest BCUT2D eigenvalue weighted by Crippen LogP contribution is -2.49. The second-order valence-electron chi connectivity index (χ2n) is 5.42. The molecule has 0 spiro atoms. The van der Waals surface area contributed by atoms with Crippen molar-refractivity contribution in [3.05, 3.63) is 18.0 Å². The van der Waals surface area contributed by atoms with Gasteiger partial charge in [-0.05, 0) is 12.1 Å². The number of piperazine rings is 1. The Kier molecular flexibility index (Phi) is 4.26. The molecule has 130 valence electrons. The summed E-state index contributed by atoms with van der Waals surface area (Å²) in [5, 5.41) is 13.2. The Morgan fingerprint density at radius 1 is 1.21 bits per heavy atom. The largest absolute Gasteiger partial charge is 0.453 e. The Morgan fingerprint density at radius 3 is 2.54 bits per heavy atom. The highest BCUT2D eigenvalue weighted by molar-refractivity contribution is 5.77. The predicted octanol–water partition coefficient (Wildman–Crippen LogP) is 0.0111. The van der Waals surface area contributed by atoms with Crippen LogP contribution < -0.4 is 10.2 Å². The molecule has 0 aromatic carbocycles. The first-order valence-corrected chi connectivity index (χ1v) is 7.36. The van der Waals surface area contributed by atoms with Crippen LogP contribution >= 0.6 is 0 Å². The first-order valence-electron chi connectivity index (χ1n) is 7.36. The van der Waals surface area contributed by atoms with Crippen LogP contribution in [0, 0.1) is 0 Å². The van der Waals surface area contributed by atoms with E-state index in [2.05, 4.69) is 20.6 Å². The van der Waals surface area contributed by atoms with Crippen molar-refractivity contribution < 1.29 is 18.0 Å². The van der Waals surface area contributed by atoms with Gasteiger partial charge in [0.05, 0.1) is 6.54 Å². The molecule has 3 rings (SSSR count). The minimum Gasteiger partial charge on any atom is -0.358 e. The molecule has 0 atom stereocenters. The van der Waals surface area contributed by atoms with Crippen LogP contribution in [0.5, 0.6) is 0 Å². The van der Waals surface area contributed by atoms with E-state index in [0.717, 1.165) is 0 Å². The number of nitrogens with zero attached hydrogens (tertiary/aromatic N) is 6. The van der Waals surface area contributed by atoms with E-state index < -0.39 is 12.0 Å². The Labute approximate surface area is 135 Å². The summed E-state index contributed by atoms with van der Waals surface area (Å²) in [5.41, 5.74) is 0.0457. The minimum absolute atomic E-state index is 0.0457. The maximum absolute atomic E-state index is 12.9. The second-order valence-corrected chi connectivity index (χ2v) is 5.42. The van der Waals surface area contributed by atoms with Crippen LogP contribution in [0.25, 0.3) is 5.65 Å². The van der Waals surface area contributed by atoms with Crippen molar-refractivity contribution in [2.24, 2.45) is 0 Å². The highest BCUT2D eigenvalue weighted by Crippen LogP contribution is 2.28. The zero-order chi connectivity index (χ0) is 17.3. The van der Waals surface area contributed by atoms with Crippen molar-refractivity contribution in [2.75, 3.05) is 44.7 Å². The summed E-state index contributed by atoms with van der Waals surface area (Å²) in [6.07, 6.45) is -4.61. The van der Waals surface area contributed by atoms with Crippen LogP contribution in [-0.4, -0.2) is 70.4 Å². The third kappa shape index (κ3) is 3.25. The SMILES string of the molecule is CNC(=O)CN1CCN(c2ccc3nnc(C(F)(F)F)n3n2)CC1. The van der Waals surface area contributed by atoms with Crippen LogP contribution in [0.1, 0.15) is 5.82 Å². The molecule has 0 radical (unpaired) electrons. The molecule has 1 N–H and O–H groups in total. The van der Waals surface area contributed by atoms with E-state index in [1.165, 1.54) is 6.07 Å². The number of nitrogens with one attached hydrogen (secondary N) is 1. The monoisotopic (exact) mass is 343 g/mol. The second kappa shape index (κ2) is 6.23. The molecule has 1 aliphatic rings. The standard InChI is InChI=1S/C13H16F3N7O/c1-17-11(24)8-21-4-6-22(7-5-21)10-3-2-9-18-19-12(13(14,15)16)23(9)20-10/h2-3H,4-8H2,1H3,(H,17,24). The minimum atomic E-state index is -4.61. The number of rotatable bonds is 3. The summed E-state index contributed by atoms with van der Waals surface area (Å²) in [6, 6.07) is 3.08. The fraction of sp³-hybridized carbons (Fsp3) is 0.538. The fourth-order valence-electron chi connectivity index (χ4n) is 2.54. The first-order chi connectivity index (χ1) is 11.4. The Balaban J connectivity index is 1.75. The quantitative estimate of drug-likeness (QED) is 0.846. The third-order valence-corrected chi connectivity index (χ3v) is 3.84. The van der Waals surface area contributed by atoms with Gasteiger partial charge < -0.3 is 10.2 Å². The number of fused-ring (bicyclic) bond motifs is 1. The number of alkyl halides is 3. The lowest BCUT2D eigenvalue weighted by atomic mass is 10.3. The molecule has 1 fully saturated rings. The Hall–Kier alpha value is -2.43. The highest BCUT2D eigenvalue weighted by Gasteiger charge is 2.37. The average Bonchev–Trinajstić information content (AvgIpc) is 2.98. The molecule has 1 amide bonds. The summed E-state index contributed by atoms with van der Waals surface area (Å²) < 4.78 is 39.4. The van der Waals surface area contributed by atoms with Crippen molar-refractivity contribution in [1.29, 1.82) is 0 Å². The number of hydrogen-bond donors (Lipinski definition) is 1. The van der Waals surface area contributed by atoms with Gasteiger partial charge in [-0.3, -0.25) is 9.69 Å². The number of aromatic nitrogens is 4. The molecule has 2 aromatic rings. The number of hydrogen-bond acceptors (Lipinski definition) is 6. The molecule has 24 heavy (non-hydrogen) atoms. The number of carbonyl (C=O) groups is 1. The highest BCUT2D eigenvalue weighted by atomic mass is 19.4. The lowest BCUT2D eigenvalue weighted by molar-refractivity contribution is -0.146. The van der Waals surface area contributed by atoms with Crippen molar-refractivity contribution in [2.45, 2.75) is 6.18 Å². The van der Waals surface area contributed by atoms with E-state index >= 15 is 0 Å². The third-order valence-electron chi connectivity index (χ3n) is 3.84. The summed E-state index contributed by atoms with van der Waals surface area (Å²) in [5.74, 6) is -0.785. The summed E-state index contributed by atoms with van der Waals surface area (Å²) in [7, 11) is 1.58. The van der Waals surface area contributed by atoms with E-state index in [1.807, 2.05) is 9.80 Å². The smallest absolute Gasteiger partial charge is 0.358 e. The van der Waals surface area contributed by atoms with Gasteiger partial charge in [0.25, 0.3) is 5.82 Å². The number of carbonyl (C=O) groups excluding carboxylic acids is 1. The zero-order valence-corrected chi connectivity index (χ0v) is 12.9. The zero-order valence-electron chi connectivity index (χ0n) is 12.9. The molecule has 2 aromatic heterocycles. The molecular weight excluding hydrogens is 327 g/mol. The van der Waals surface area contributed by atoms with Crippen LogP contribution in [0.3, 0.4) is 0 Å². The van der Waals surface area contributed by atoms with Crippen molar-refractivity contribution in [1.82, 2.24) is 30.0 Å². The van der Waals surface area contributed by atoms with Crippen molar-refractivity contribution in [3.63, 3.8) is 0 Å². The topological polar surface area (TPSA) is 78.7 Å². The van der Waals surface area contributed by atoms with Gasteiger partial charge in [-0.25, -0.2) is 0 Å². The van der Waals surface area contributed by atoms with E-state index in [4.69, 9.17) is 0 Å². The maximum Gasteiger partial charge on any atom is 0.453 e. The molecule has 0 saturated carbocycles. The van der Waals surface area contributed by atoms with Gasteiger partial charge in [0, 0.05) is 33.2 Å². The lowest BCUT2D eigenvalue weighted by Gasteiger charge is -2.34. The molecule has 8 nitrogen and oxygen atoms in total. The molecule has 0 aliphatic carbocycles. The van der Waals surface area contributed by atoms with Gasteiger partial charge in [0.1, 0.15) is 5.82 Å². The predicted molar refractivity (Wildman–Crippen MR) is 78.5 cm³/mol. The normalized spacial score (nSPS) is 16.6. The summed E-state index contributed by atoms with van der Waals surface area (Å²) in [4.78, 5) is 15.2. The number of halogens is 3. The molecule has 0 bridgehead atoms. The van der Waals surface area contributed by atoms with Crippen LogP contribution in [0.4, 0.5) is 19.0 Å². The van der Waals surface area contributed by atoms with Gasteiger partial charge in [0.15, 0.2) is 5.65 Å². The van der Waals surface area contributed by atoms with E-state index in [1.54, 1.807) is 13.1 Å². The van der Waals surface area contributed by atoms with Crippen LogP contribution in [0.15, 0.2) is 12.1 Å². The molecule has 0 unspecified atom stereocenters. The number of likely N-dealkylation sites (N-methyl/N-ethyl adjacent to an activating group) is 1. The van der Waals surface area contributed by atoms with Gasteiger partial charge in [0.2, 0.25) is 5.91 Å². The first kappa shape index (κ1) is 16.4. The molecule has 3 heterocycles. The Morgan fingerprint density at radius 2 is 1.92 bits per heavy atom. The van der Waals surface area contributed by atoms with E-state index in [-0.39, 0.29) is 11.6 Å². The van der Waals surface area contributed by atoms with Crippen LogP contribution in [0.2, 0.25) is 0 Å². The molecule has 11 heteroatoms. The summed E-state index contributed by atoms with van der Waals surface area (Å²) >= 11 is 0. The van der Waals surface area contributed by atoms with E-state index in [9.17, 15) is 18.0 Å². The number of anilines is 1. The van der Waals surface area contributed by atoms with Crippen molar-refractivity contribution in [3.8, 4) is 0 Å². The Bertz CT molecular complexity index is 737. The van der Waals surface area contributed by atoms with E-state index in [0.29, 0.717) is 43.1 Å². The van der Waals surface area contributed by atoms with Crippen molar-refractivity contribution >= 4 is 17.4 Å². The molecule has 1 aliphatic heterocycles. The molecule has 1 saturated heterocycles. The van der Waals surface area contributed by atoms with Crippen LogP contribution in [-0.2, 0) is 11.0 Å².